The number of methoxy groups -OCH3 is 1. The van der Waals surface area contributed by atoms with Crippen LogP contribution in [0.15, 0.2) is 24.3 Å². The molecule has 2 rings (SSSR count). The predicted molar refractivity (Wildman–Crippen MR) is 70.7 cm³/mol. The molecule has 1 aromatic rings. The van der Waals surface area contributed by atoms with E-state index >= 15 is 0 Å². The molecule has 1 aliphatic carbocycles. The Kier molecular flexibility index (Phi) is 3.95. The third kappa shape index (κ3) is 2.66. The summed E-state index contributed by atoms with van der Waals surface area (Å²) in [7, 11) is 3.27. The highest BCUT2D eigenvalue weighted by atomic mass is 16.5. The number of rotatable bonds is 5. The number of hydrogen-bond acceptors (Lipinski definition) is 4. The minimum atomic E-state index is -0.868. The van der Waals surface area contributed by atoms with Gasteiger partial charge in [-0.15, -0.1) is 0 Å². The van der Waals surface area contributed by atoms with E-state index in [1.807, 2.05) is 24.3 Å². The average molecular weight is 265 g/mol. The van der Waals surface area contributed by atoms with Gasteiger partial charge < -0.3 is 19.9 Å². The minimum absolute atomic E-state index is 0.111. The second kappa shape index (κ2) is 5.48. The molecule has 1 saturated carbocycles. The second-order valence-electron chi connectivity index (χ2n) is 4.77. The van der Waals surface area contributed by atoms with Gasteiger partial charge in [-0.1, -0.05) is 12.1 Å². The molecule has 1 aromatic carbocycles. The van der Waals surface area contributed by atoms with Crippen molar-refractivity contribution < 1.29 is 19.4 Å². The fraction of sp³-hybridized carbons (Fsp3) is 0.500. The Morgan fingerprint density at radius 1 is 1.42 bits per heavy atom. The average Bonchev–Trinajstić information content (AvgIpc) is 2.84. The van der Waals surface area contributed by atoms with Gasteiger partial charge in [0.2, 0.25) is 0 Å². The fourth-order valence-corrected chi connectivity index (χ4v) is 2.52. The maximum atomic E-state index is 11.3. The second-order valence-corrected chi connectivity index (χ2v) is 4.77. The molecule has 0 aromatic heterocycles. The van der Waals surface area contributed by atoms with E-state index in [9.17, 15) is 9.90 Å². The van der Waals surface area contributed by atoms with Crippen LogP contribution in [0.1, 0.15) is 19.3 Å². The van der Waals surface area contributed by atoms with Crippen molar-refractivity contribution in [2.24, 2.45) is 0 Å². The highest BCUT2D eigenvalue weighted by Gasteiger charge is 2.45. The van der Waals surface area contributed by atoms with Crippen molar-refractivity contribution in [3.63, 3.8) is 0 Å². The number of aliphatic carboxylic acids is 1. The lowest BCUT2D eigenvalue weighted by molar-refractivity contribution is -0.144. The van der Waals surface area contributed by atoms with Crippen LogP contribution < -0.4 is 14.8 Å². The largest absolute Gasteiger partial charge is 0.493 e. The standard InChI is InChI=1S/C14H19NO4/c1-15-14(13(16)17)8-7-10(9-14)19-12-6-4-3-5-11(12)18-2/h3-6,10,15H,7-9H2,1-2H3,(H,16,17). The molecule has 104 valence electrons. The number of ether oxygens (including phenoxy) is 2. The zero-order chi connectivity index (χ0) is 13.9. The van der Waals surface area contributed by atoms with E-state index in [0.717, 1.165) is 0 Å². The summed E-state index contributed by atoms with van der Waals surface area (Å²) in [6, 6.07) is 7.40. The van der Waals surface area contributed by atoms with Crippen LogP contribution in [0.25, 0.3) is 0 Å². The van der Waals surface area contributed by atoms with Gasteiger partial charge in [0.15, 0.2) is 11.5 Å². The summed E-state index contributed by atoms with van der Waals surface area (Å²) in [5, 5.41) is 12.2. The molecule has 2 atom stereocenters. The minimum Gasteiger partial charge on any atom is -0.493 e. The normalized spacial score (nSPS) is 26.1. The molecule has 2 N–H and O–H groups in total. The van der Waals surface area contributed by atoms with E-state index in [0.29, 0.717) is 30.8 Å². The number of carboxylic acids is 1. The predicted octanol–water partition coefficient (Wildman–Crippen LogP) is 1.67. The Hall–Kier alpha value is -1.75. The van der Waals surface area contributed by atoms with Crippen LogP contribution in [0.4, 0.5) is 0 Å². The quantitative estimate of drug-likeness (QED) is 0.847. The van der Waals surface area contributed by atoms with Crippen LogP contribution in [0, 0.1) is 0 Å². The van der Waals surface area contributed by atoms with E-state index in [1.54, 1.807) is 14.2 Å². The molecular formula is C14H19NO4. The van der Waals surface area contributed by atoms with Gasteiger partial charge in [0.05, 0.1) is 7.11 Å². The molecule has 0 amide bonds. The Balaban J connectivity index is 2.08. The van der Waals surface area contributed by atoms with E-state index in [-0.39, 0.29) is 6.10 Å². The summed E-state index contributed by atoms with van der Waals surface area (Å²) < 4.78 is 11.1. The number of benzene rings is 1. The first-order chi connectivity index (χ1) is 9.11. The van der Waals surface area contributed by atoms with Crippen molar-refractivity contribution in [2.75, 3.05) is 14.2 Å². The zero-order valence-electron chi connectivity index (χ0n) is 11.2. The molecule has 0 radical (unpaired) electrons. The molecule has 0 aliphatic heterocycles. The molecule has 5 heteroatoms. The summed E-state index contributed by atoms with van der Waals surface area (Å²) in [6.07, 6.45) is 1.63. The van der Waals surface area contributed by atoms with Crippen molar-refractivity contribution in [3.05, 3.63) is 24.3 Å². The molecule has 1 aliphatic rings. The van der Waals surface area contributed by atoms with Gasteiger partial charge in [0.25, 0.3) is 0 Å². The summed E-state index contributed by atoms with van der Waals surface area (Å²) in [6.45, 7) is 0. The molecule has 19 heavy (non-hydrogen) atoms. The number of likely N-dealkylation sites (N-methyl/N-ethyl adjacent to an activating group) is 1. The van der Waals surface area contributed by atoms with Gasteiger partial charge in [-0.2, -0.15) is 0 Å². The van der Waals surface area contributed by atoms with Gasteiger partial charge >= 0.3 is 5.97 Å². The molecule has 1 fully saturated rings. The van der Waals surface area contributed by atoms with Crippen LogP contribution in [-0.2, 0) is 4.79 Å². The highest BCUT2D eigenvalue weighted by Crippen LogP contribution is 2.35. The molecule has 0 bridgehead atoms. The van der Waals surface area contributed by atoms with Gasteiger partial charge in [0, 0.05) is 6.42 Å². The van der Waals surface area contributed by atoms with Crippen LogP contribution >= 0.6 is 0 Å². The van der Waals surface area contributed by atoms with Crippen molar-refractivity contribution in [2.45, 2.75) is 30.9 Å². The highest BCUT2D eigenvalue weighted by molar-refractivity contribution is 5.79. The third-order valence-electron chi connectivity index (χ3n) is 3.72. The van der Waals surface area contributed by atoms with Gasteiger partial charge in [0.1, 0.15) is 11.6 Å². The van der Waals surface area contributed by atoms with Crippen molar-refractivity contribution in [3.8, 4) is 11.5 Å². The molecule has 5 nitrogen and oxygen atoms in total. The Bertz CT molecular complexity index is 463. The maximum Gasteiger partial charge on any atom is 0.324 e. The lowest BCUT2D eigenvalue weighted by Crippen LogP contribution is -2.48. The van der Waals surface area contributed by atoms with E-state index in [4.69, 9.17) is 9.47 Å². The van der Waals surface area contributed by atoms with Crippen molar-refractivity contribution in [1.82, 2.24) is 5.32 Å². The monoisotopic (exact) mass is 265 g/mol. The number of nitrogens with one attached hydrogen (secondary N) is 1. The van der Waals surface area contributed by atoms with Crippen LogP contribution in [0.3, 0.4) is 0 Å². The Morgan fingerprint density at radius 2 is 2.11 bits per heavy atom. The fourth-order valence-electron chi connectivity index (χ4n) is 2.52. The lowest BCUT2D eigenvalue weighted by atomic mass is 9.98. The summed E-state index contributed by atoms with van der Waals surface area (Å²) in [5.41, 5.74) is -0.868. The Labute approximate surface area is 112 Å². The number of hydrogen-bond donors (Lipinski definition) is 2. The molecule has 2 unspecified atom stereocenters. The topological polar surface area (TPSA) is 67.8 Å². The first-order valence-corrected chi connectivity index (χ1v) is 6.33. The number of para-hydroxylation sites is 2. The summed E-state index contributed by atoms with van der Waals surface area (Å²) in [4.78, 5) is 11.3. The maximum absolute atomic E-state index is 11.3. The molecule has 0 heterocycles. The third-order valence-corrected chi connectivity index (χ3v) is 3.72. The van der Waals surface area contributed by atoms with Crippen LogP contribution in [0.5, 0.6) is 11.5 Å². The van der Waals surface area contributed by atoms with Crippen molar-refractivity contribution in [1.29, 1.82) is 0 Å². The van der Waals surface area contributed by atoms with Crippen LogP contribution in [0.2, 0.25) is 0 Å². The smallest absolute Gasteiger partial charge is 0.324 e. The van der Waals surface area contributed by atoms with Crippen molar-refractivity contribution >= 4 is 5.97 Å². The van der Waals surface area contributed by atoms with E-state index < -0.39 is 11.5 Å². The summed E-state index contributed by atoms with van der Waals surface area (Å²) in [5.74, 6) is 0.508. The summed E-state index contributed by atoms with van der Waals surface area (Å²) >= 11 is 0. The molecule has 0 saturated heterocycles. The first kappa shape index (κ1) is 13.7. The SMILES string of the molecule is CNC1(C(=O)O)CCC(Oc2ccccc2OC)C1. The zero-order valence-corrected chi connectivity index (χ0v) is 11.2. The lowest BCUT2D eigenvalue weighted by Gasteiger charge is -2.23. The van der Waals surface area contributed by atoms with Gasteiger partial charge in [-0.25, -0.2) is 0 Å². The number of carboxylic acid groups (broad SMARTS) is 1. The molecular weight excluding hydrogens is 246 g/mol. The van der Waals surface area contributed by atoms with Crippen LogP contribution in [-0.4, -0.2) is 36.9 Å². The number of carbonyl (C=O) groups is 1. The van der Waals surface area contributed by atoms with E-state index in [1.165, 1.54) is 0 Å². The van der Waals surface area contributed by atoms with Gasteiger partial charge in [-0.05, 0) is 32.0 Å². The van der Waals surface area contributed by atoms with E-state index in [2.05, 4.69) is 5.32 Å². The Morgan fingerprint density at radius 3 is 2.63 bits per heavy atom. The first-order valence-electron chi connectivity index (χ1n) is 6.33. The van der Waals surface area contributed by atoms with Gasteiger partial charge in [-0.3, -0.25) is 4.79 Å². The molecule has 0 spiro atoms.